The number of nitrogens with zero attached hydrogens (tertiary/aromatic N) is 1. The van der Waals surface area contributed by atoms with E-state index in [2.05, 4.69) is 0 Å². The van der Waals surface area contributed by atoms with Crippen LogP contribution >= 0.6 is 0 Å². The summed E-state index contributed by atoms with van der Waals surface area (Å²) in [6.07, 6.45) is 0.510. The van der Waals surface area contributed by atoms with Crippen molar-refractivity contribution in [3.8, 4) is 0 Å². The van der Waals surface area contributed by atoms with E-state index in [0.29, 0.717) is 13.0 Å². The Kier molecular flexibility index (Phi) is 6.16. The largest absolute Gasteiger partial charge is 0.330 e. The minimum absolute atomic E-state index is 0.0849. The van der Waals surface area contributed by atoms with Gasteiger partial charge in [0.15, 0.2) is 0 Å². The van der Waals surface area contributed by atoms with E-state index in [9.17, 15) is 18.0 Å². The summed E-state index contributed by atoms with van der Waals surface area (Å²) in [5.41, 5.74) is 5.20. The van der Waals surface area contributed by atoms with Gasteiger partial charge in [0.2, 0.25) is 11.8 Å². The lowest BCUT2D eigenvalue weighted by molar-refractivity contribution is -0.143. The Morgan fingerprint density at radius 1 is 1.38 bits per heavy atom. The van der Waals surface area contributed by atoms with Crippen molar-refractivity contribution in [1.82, 2.24) is 4.90 Å². The first-order chi connectivity index (χ1) is 7.28. The van der Waals surface area contributed by atoms with Crippen molar-refractivity contribution in [1.29, 1.82) is 0 Å². The SMILES string of the molecule is CC(=O)N(CCS(=O)(=O)O)C(=O)CCCN. The maximum atomic E-state index is 11.4. The zero-order valence-electron chi connectivity index (χ0n) is 9.05. The first kappa shape index (κ1) is 15.0. The Bertz CT molecular complexity index is 351. The minimum Gasteiger partial charge on any atom is -0.330 e. The molecule has 0 saturated heterocycles. The quantitative estimate of drug-likeness (QED) is 0.585. The molecule has 94 valence electrons. The van der Waals surface area contributed by atoms with Crippen LogP contribution < -0.4 is 5.73 Å². The topological polar surface area (TPSA) is 118 Å². The molecular formula is C8H16N2O5S. The van der Waals surface area contributed by atoms with Gasteiger partial charge in [0.1, 0.15) is 0 Å². The number of amides is 2. The minimum atomic E-state index is -4.18. The number of carbonyl (C=O) groups excluding carboxylic acids is 2. The van der Waals surface area contributed by atoms with Gasteiger partial charge in [0.25, 0.3) is 10.1 Å². The molecule has 8 heteroatoms. The molecule has 0 heterocycles. The summed E-state index contributed by atoms with van der Waals surface area (Å²) in [4.78, 5) is 23.3. The average molecular weight is 252 g/mol. The molecule has 0 spiro atoms. The molecule has 0 aliphatic carbocycles. The van der Waals surface area contributed by atoms with Crippen LogP contribution in [0.4, 0.5) is 0 Å². The monoisotopic (exact) mass is 252 g/mol. The Balaban J connectivity index is 4.39. The van der Waals surface area contributed by atoms with Crippen LogP contribution in [0.1, 0.15) is 19.8 Å². The molecule has 0 rings (SSSR count). The van der Waals surface area contributed by atoms with Crippen LogP contribution in [0.25, 0.3) is 0 Å². The number of rotatable bonds is 6. The van der Waals surface area contributed by atoms with Gasteiger partial charge in [-0.15, -0.1) is 0 Å². The average Bonchev–Trinajstić information content (AvgIpc) is 2.12. The molecular weight excluding hydrogens is 236 g/mol. The Morgan fingerprint density at radius 3 is 2.31 bits per heavy atom. The zero-order chi connectivity index (χ0) is 12.8. The number of imide groups is 1. The maximum absolute atomic E-state index is 11.4. The molecule has 0 fully saturated rings. The molecule has 0 atom stereocenters. The van der Waals surface area contributed by atoms with Crippen LogP contribution in [-0.4, -0.2) is 48.5 Å². The molecule has 0 aromatic carbocycles. The second-order valence-corrected chi connectivity index (χ2v) is 4.81. The van der Waals surface area contributed by atoms with Crippen molar-refractivity contribution in [3.63, 3.8) is 0 Å². The number of hydrogen-bond donors (Lipinski definition) is 2. The summed E-state index contributed by atoms with van der Waals surface area (Å²) in [5, 5.41) is 0. The highest BCUT2D eigenvalue weighted by molar-refractivity contribution is 7.85. The van der Waals surface area contributed by atoms with Gasteiger partial charge in [-0.1, -0.05) is 0 Å². The van der Waals surface area contributed by atoms with Gasteiger partial charge in [-0.05, 0) is 13.0 Å². The summed E-state index contributed by atoms with van der Waals surface area (Å²) in [6.45, 7) is 1.14. The Hall–Kier alpha value is -0.990. The predicted molar refractivity (Wildman–Crippen MR) is 57.1 cm³/mol. The van der Waals surface area contributed by atoms with E-state index in [1.165, 1.54) is 0 Å². The highest BCUT2D eigenvalue weighted by Crippen LogP contribution is 1.99. The van der Waals surface area contributed by atoms with Crippen molar-refractivity contribution in [3.05, 3.63) is 0 Å². The molecule has 16 heavy (non-hydrogen) atoms. The molecule has 0 radical (unpaired) electrons. The van der Waals surface area contributed by atoms with E-state index >= 15 is 0 Å². The van der Waals surface area contributed by atoms with Crippen LogP contribution in [-0.2, 0) is 19.7 Å². The van der Waals surface area contributed by atoms with Gasteiger partial charge in [0.05, 0.1) is 5.75 Å². The molecule has 0 saturated carbocycles. The number of hydrogen-bond acceptors (Lipinski definition) is 5. The van der Waals surface area contributed by atoms with E-state index in [1.807, 2.05) is 0 Å². The first-order valence-electron chi connectivity index (χ1n) is 4.74. The highest BCUT2D eigenvalue weighted by atomic mass is 32.2. The van der Waals surface area contributed by atoms with Crippen molar-refractivity contribution in [2.24, 2.45) is 5.73 Å². The molecule has 0 unspecified atom stereocenters. The number of nitrogens with two attached hydrogens (primary N) is 1. The van der Waals surface area contributed by atoms with E-state index < -0.39 is 27.7 Å². The van der Waals surface area contributed by atoms with Gasteiger partial charge in [-0.3, -0.25) is 19.0 Å². The zero-order valence-corrected chi connectivity index (χ0v) is 9.87. The molecule has 0 aliphatic heterocycles. The molecule has 0 aromatic rings. The summed E-state index contributed by atoms with van der Waals surface area (Å²) >= 11 is 0. The van der Waals surface area contributed by atoms with Crippen molar-refractivity contribution in [2.45, 2.75) is 19.8 Å². The van der Waals surface area contributed by atoms with E-state index in [-0.39, 0.29) is 13.0 Å². The van der Waals surface area contributed by atoms with Crippen molar-refractivity contribution >= 4 is 21.9 Å². The van der Waals surface area contributed by atoms with E-state index in [4.69, 9.17) is 10.3 Å². The summed E-state index contributed by atoms with van der Waals surface area (Å²) < 4.78 is 29.5. The fourth-order valence-corrected chi connectivity index (χ4v) is 1.47. The van der Waals surface area contributed by atoms with Crippen LogP contribution in [0.15, 0.2) is 0 Å². The lowest BCUT2D eigenvalue weighted by atomic mass is 10.2. The molecule has 0 aromatic heterocycles. The summed E-state index contributed by atoms with van der Waals surface area (Å²) in [7, 11) is -4.18. The third-order valence-electron chi connectivity index (χ3n) is 1.85. The third kappa shape index (κ3) is 6.49. The first-order valence-corrected chi connectivity index (χ1v) is 6.35. The maximum Gasteiger partial charge on any atom is 0.266 e. The van der Waals surface area contributed by atoms with Crippen LogP contribution in [0.5, 0.6) is 0 Å². The Morgan fingerprint density at radius 2 is 1.94 bits per heavy atom. The van der Waals surface area contributed by atoms with Crippen LogP contribution in [0, 0.1) is 0 Å². The standard InChI is InChI=1S/C8H16N2O5S/c1-7(11)10(5-6-16(13,14)15)8(12)3-2-4-9/h2-6,9H2,1H3,(H,13,14,15). The van der Waals surface area contributed by atoms with Crippen LogP contribution in [0.3, 0.4) is 0 Å². The lowest BCUT2D eigenvalue weighted by Gasteiger charge is -2.18. The van der Waals surface area contributed by atoms with Gasteiger partial charge < -0.3 is 5.73 Å². The van der Waals surface area contributed by atoms with Gasteiger partial charge in [-0.25, -0.2) is 0 Å². The van der Waals surface area contributed by atoms with E-state index in [1.54, 1.807) is 0 Å². The molecule has 0 bridgehead atoms. The molecule has 7 nitrogen and oxygen atoms in total. The van der Waals surface area contributed by atoms with Crippen molar-refractivity contribution < 1.29 is 22.6 Å². The fraction of sp³-hybridized carbons (Fsp3) is 0.750. The van der Waals surface area contributed by atoms with E-state index in [0.717, 1.165) is 11.8 Å². The Labute approximate surface area is 94.3 Å². The smallest absolute Gasteiger partial charge is 0.266 e. The summed E-state index contributed by atoms with van der Waals surface area (Å²) in [6, 6.07) is 0. The number of carbonyl (C=O) groups is 2. The van der Waals surface area contributed by atoms with Gasteiger partial charge in [0, 0.05) is 19.9 Å². The lowest BCUT2D eigenvalue weighted by Crippen LogP contribution is -2.38. The molecule has 2 amide bonds. The van der Waals surface area contributed by atoms with Gasteiger partial charge in [-0.2, -0.15) is 8.42 Å². The molecule has 0 aliphatic rings. The third-order valence-corrected chi connectivity index (χ3v) is 2.55. The second-order valence-electron chi connectivity index (χ2n) is 3.24. The fourth-order valence-electron chi connectivity index (χ4n) is 1.05. The second kappa shape index (κ2) is 6.56. The summed E-state index contributed by atoms with van der Waals surface area (Å²) in [5.74, 6) is -1.69. The van der Waals surface area contributed by atoms with Crippen LogP contribution in [0.2, 0.25) is 0 Å². The van der Waals surface area contributed by atoms with Gasteiger partial charge >= 0.3 is 0 Å². The normalized spacial score (nSPS) is 11.2. The predicted octanol–water partition coefficient (Wildman–Crippen LogP) is -1.01. The van der Waals surface area contributed by atoms with Crippen molar-refractivity contribution in [2.75, 3.05) is 18.8 Å². The highest BCUT2D eigenvalue weighted by Gasteiger charge is 2.19. The molecule has 3 N–H and O–H groups in total.